The van der Waals surface area contributed by atoms with Crippen molar-refractivity contribution < 1.29 is 14.6 Å². The summed E-state index contributed by atoms with van der Waals surface area (Å²) in [5.74, 6) is 2.15. The molecule has 1 aromatic rings. The molecule has 0 unspecified atom stereocenters. The van der Waals surface area contributed by atoms with Crippen molar-refractivity contribution in [1.29, 1.82) is 0 Å². The molecule has 2 fully saturated rings. The molecule has 2 saturated carbocycles. The van der Waals surface area contributed by atoms with Gasteiger partial charge < -0.3 is 14.6 Å². The molecule has 2 aliphatic carbocycles. The van der Waals surface area contributed by atoms with E-state index in [-0.39, 0.29) is 16.8 Å². The summed E-state index contributed by atoms with van der Waals surface area (Å²) in [6.45, 7) is 9.56. The second-order valence-electron chi connectivity index (χ2n) is 9.30. The highest BCUT2D eigenvalue weighted by molar-refractivity contribution is 5.69. The van der Waals surface area contributed by atoms with Crippen molar-refractivity contribution in [2.24, 2.45) is 16.7 Å². The van der Waals surface area contributed by atoms with E-state index < -0.39 is 0 Å². The zero-order valence-electron chi connectivity index (χ0n) is 16.1. The first-order valence-electron chi connectivity index (χ1n) is 9.52. The van der Waals surface area contributed by atoms with Crippen LogP contribution in [0.4, 0.5) is 0 Å². The minimum absolute atomic E-state index is 0.169. The summed E-state index contributed by atoms with van der Waals surface area (Å²) in [5, 5.41) is 10.2. The molecule has 136 valence electrons. The molecule has 0 amide bonds. The molecule has 3 heteroatoms. The van der Waals surface area contributed by atoms with Crippen LogP contribution in [0.25, 0.3) is 6.08 Å². The van der Waals surface area contributed by atoms with E-state index in [4.69, 9.17) is 9.47 Å². The maximum absolute atomic E-state index is 10.2. The molecule has 0 aromatic heterocycles. The van der Waals surface area contributed by atoms with E-state index in [2.05, 4.69) is 33.8 Å². The van der Waals surface area contributed by atoms with Crippen LogP contribution in [0.5, 0.6) is 17.2 Å². The van der Waals surface area contributed by atoms with Crippen LogP contribution in [0, 0.1) is 16.7 Å². The zero-order valence-corrected chi connectivity index (χ0v) is 16.1. The summed E-state index contributed by atoms with van der Waals surface area (Å²) in [6.07, 6.45) is 8.36. The highest BCUT2D eigenvalue weighted by Gasteiger charge is 2.57. The predicted molar refractivity (Wildman–Crippen MR) is 100 cm³/mol. The molecule has 1 aromatic carbocycles. The van der Waals surface area contributed by atoms with Gasteiger partial charge in [0.1, 0.15) is 11.4 Å². The summed E-state index contributed by atoms with van der Waals surface area (Å²) >= 11 is 0. The smallest absolute Gasteiger partial charge is 0.164 e. The van der Waals surface area contributed by atoms with Gasteiger partial charge in [0, 0.05) is 11.6 Å². The normalized spacial score (nSPS) is 35.6. The first-order chi connectivity index (χ1) is 11.7. The van der Waals surface area contributed by atoms with Crippen molar-refractivity contribution >= 4 is 6.08 Å². The van der Waals surface area contributed by atoms with Gasteiger partial charge in [-0.15, -0.1) is 0 Å². The second kappa shape index (κ2) is 5.18. The van der Waals surface area contributed by atoms with Crippen LogP contribution in [-0.2, 0) is 0 Å². The lowest BCUT2D eigenvalue weighted by atomic mass is 9.47. The van der Waals surface area contributed by atoms with Gasteiger partial charge in [-0.25, -0.2) is 0 Å². The second-order valence-corrected chi connectivity index (χ2v) is 9.30. The van der Waals surface area contributed by atoms with E-state index in [9.17, 15) is 5.11 Å². The Hall–Kier alpha value is -1.64. The molecule has 0 saturated heterocycles. The number of fused-ring (bicyclic) bond motifs is 4. The summed E-state index contributed by atoms with van der Waals surface area (Å²) in [4.78, 5) is 0. The third-order valence-electron chi connectivity index (χ3n) is 7.27. The molecule has 1 heterocycles. The van der Waals surface area contributed by atoms with Crippen LogP contribution >= 0.6 is 0 Å². The minimum Gasteiger partial charge on any atom is -0.504 e. The zero-order chi connectivity index (χ0) is 18.0. The Labute approximate surface area is 151 Å². The van der Waals surface area contributed by atoms with Crippen LogP contribution < -0.4 is 9.47 Å². The highest BCUT2D eigenvalue weighted by Crippen LogP contribution is 2.64. The maximum atomic E-state index is 10.2. The van der Waals surface area contributed by atoms with Gasteiger partial charge in [-0.2, -0.15) is 0 Å². The van der Waals surface area contributed by atoms with Gasteiger partial charge in [0.15, 0.2) is 11.5 Å². The minimum atomic E-state index is -0.256. The topological polar surface area (TPSA) is 38.7 Å². The number of rotatable bonds is 1. The lowest BCUT2D eigenvalue weighted by molar-refractivity contribution is -0.0516. The molecule has 0 radical (unpaired) electrons. The first kappa shape index (κ1) is 16.8. The molecule has 3 nitrogen and oxygen atoms in total. The monoisotopic (exact) mass is 342 g/mol. The molecule has 0 bridgehead atoms. The average molecular weight is 342 g/mol. The number of methoxy groups -OCH3 is 1. The van der Waals surface area contributed by atoms with Gasteiger partial charge in [-0.1, -0.05) is 27.2 Å². The fourth-order valence-corrected chi connectivity index (χ4v) is 6.06. The molecule has 25 heavy (non-hydrogen) atoms. The predicted octanol–water partition coefficient (Wildman–Crippen LogP) is 5.56. The Morgan fingerprint density at radius 3 is 2.60 bits per heavy atom. The Morgan fingerprint density at radius 2 is 1.88 bits per heavy atom. The summed E-state index contributed by atoms with van der Waals surface area (Å²) < 4.78 is 11.8. The van der Waals surface area contributed by atoms with Gasteiger partial charge >= 0.3 is 0 Å². The fourth-order valence-electron chi connectivity index (χ4n) is 6.06. The van der Waals surface area contributed by atoms with Crippen molar-refractivity contribution in [2.75, 3.05) is 7.11 Å². The number of phenols is 1. The van der Waals surface area contributed by atoms with Crippen molar-refractivity contribution in [2.45, 2.75) is 65.4 Å². The SMILES string of the molecule is COc1cc2c(cc1O)C=C1[C@](C)(CC[C@H]3C(C)(C)CCC[C@]13C)O2. The van der Waals surface area contributed by atoms with Crippen molar-refractivity contribution in [3.05, 3.63) is 23.3 Å². The van der Waals surface area contributed by atoms with Crippen LogP contribution in [-0.4, -0.2) is 17.8 Å². The average Bonchev–Trinajstić information content (AvgIpc) is 2.52. The number of phenolic OH excluding ortho intramolecular Hbond substituents is 1. The summed E-state index contributed by atoms with van der Waals surface area (Å²) in [5.41, 5.74) is 2.67. The third-order valence-corrected chi connectivity index (χ3v) is 7.27. The van der Waals surface area contributed by atoms with E-state index in [0.29, 0.717) is 17.1 Å². The van der Waals surface area contributed by atoms with E-state index in [1.165, 1.54) is 31.3 Å². The molecule has 1 N–H and O–H groups in total. The summed E-state index contributed by atoms with van der Waals surface area (Å²) in [7, 11) is 1.57. The Balaban J connectivity index is 1.86. The van der Waals surface area contributed by atoms with E-state index >= 15 is 0 Å². The first-order valence-corrected chi connectivity index (χ1v) is 9.52. The Bertz CT molecular complexity index is 748. The van der Waals surface area contributed by atoms with Gasteiger partial charge in [-0.05, 0) is 67.1 Å². The van der Waals surface area contributed by atoms with Crippen molar-refractivity contribution in [3.8, 4) is 17.2 Å². The Kier molecular flexibility index (Phi) is 3.49. The van der Waals surface area contributed by atoms with E-state index in [1.54, 1.807) is 13.2 Å². The number of aromatic hydroxyl groups is 1. The highest BCUT2D eigenvalue weighted by atomic mass is 16.5. The van der Waals surface area contributed by atoms with Gasteiger partial charge in [0.2, 0.25) is 0 Å². The van der Waals surface area contributed by atoms with Gasteiger partial charge in [0.05, 0.1) is 7.11 Å². The molecule has 1 aliphatic heterocycles. The maximum Gasteiger partial charge on any atom is 0.164 e. The molecule has 3 aliphatic rings. The van der Waals surface area contributed by atoms with Crippen LogP contribution in [0.15, 0.2) is 17.7 Å². The molecule has 4 rings (SSSR count). The van der Waals surface area contributed by atoms with Gasteiger partial charge in [-0.3, -0.25) is 0 Å². The van der Waals surface area contributed by atoms with E-state index in [1.807, 2.05) is 6.07 Å². The molecular weight excluding hydrogens is 312 g/mol. The number of hydrogen-bond donors (Lipinski definition) is 1. The van der Waals surface area contributed by atoms with E-state index in [0.717, 1.165) is 17.7 Å². The van der Waals surface area contributed by atoms with Crippen LogP contribution in [0.3, 0.4) is 0 Å². The number of hydrogen-bond acceptors (Lipinski definition) is 3. The molecule has 0 spiro atoms. The number of benzene rings is 1. The largest absolute Gasteiger partial charge is 0.504 e. The lowest BCUT2D eigenvalue weighted by Gasteiger charge is -2.60. The Morgan fingerprint density at radius 1 is 1.12 bits per heavy atom. The lowest BCUT2D eigenvalue weighted by Crippen LogP contribution is -2.55. The van der Waals surface area contributed by atoms with Gasteiger partial charge in [0.25, 0.3) is 0 Å². The molecular formula is C22H30O3. The quantitative estimate of drug-likeness (QED) is 0.726. The third kappa shape index (κ3) is 2.31. The molecule has 3 atom stereocenters. The van der Waals surface area contributed by atoms with Crippen molar-refractivity contribution in [3.63, 3.8) is 0 Å². The fraction of sp³-hybridized carbons (Fsp3) is 0.636. The van der Waals surface area contributed by atoms with Crippen LogP contribution in [0.2, 0.25) is 0 Å². The van der Waals surface area contributed by atoms with Crippen molar-refractivity contribution in [1.82, 2.24) is 0 Å². The number of ether oxygens (including phenoxy) is 2. The standard InChI is InChI=1S/C22H30O3/c1-20(2)8-6-9-21(3)18(20)7-10-22(4)19(21)12-14-11-15(23)17(24-5)13-16(14)25-22/h11-13,18,23H,6-10H2,1-5H3/t18-,21-,22-/m0/s1. The van der Waals surface area contributed by atoms with Crippen LogP contribution in [0.1, 0.15) is 65.4 Å². The summed E-state index contributed by atoms with van der Waals surface area (Å²) in [6, 6.07) is 3.60.